The summed E-state index contributed by atoms with van der Waals surface area (Å²) in [6.07, 6.45) is -2.85. The maximum Gasteiger partial charge on any atom is 0.416 e. The van der Waals surface area contributed by atoms with E-state index < -0.39 is 29.7 Å². The molecular formula is C20H21F3N4O3. The lowest BCUT2D eigenvalue weighted by Crippen LogP contribution is -2.47. The Morgan fingerprint density at radius 1 is 1.23 bits per heavy atom. The average molecular weight is 422 g/mol. The summed E-state index contributed by atoms with van der Waals surface area (Å²) < 4.78 is 40.7. The van der Waals surface area contributed by atoms with E-state index in [-0.39, 0.29) is 42.7 Å². The van der Waals surface area contributed by atoms with Crippen molar-refractivity contribution >= 4 is 17.8 Å². The van der Waals surface area contributed by atoms with Crippen LogP contribution in [0.4, 0.5) is 18.0 Å². The first kappa shape index (κ1) is 20.2. The fourth-order valence-electron chi connectivity index (χ4n) is 3.93. The SMILES string of the molecule is CCN1C(=O)N[C@H](c2ccccc2C(F)(F)F)C2=C1CN(CC(=O)NC1CC1)C2=O. The van der Waals surface area contributed by atoms with E-state index in [0.717, 1.165) is 18.9 Å². The van der Waals surface area contributed by atoms with Crippen molar-refractivity contribution in [3.05, 3.63) is 46.7 Å². The van der Waals surface area contributed by atoms with Gasteiger partial charge in [0.05, 0.1) is 29.4 Å². The van der Waals surface area contributed by atoms with Crippen molar-refractivity contribution in [1.29, 1.82) is 0 Å². The minimum absolute atomic E-state index is 0.00179. The van der Waals surface area contributed by atoms with Gasteiger partial charge >= 0.3 is 12.2 Å². The number of hydrogen-bond acceptors (Lipinski definition) is 3. The third kappa shape index (κ3) is 3.61. The number of nitrogens with zero attached hydrogens (tertiary/aromatic N) is 2. The Morgan fingerprint density at radius 2 is 1.93 bits per heavy atom. The lowest BCUT2D eigenvalue weighted by Gasteiger charge is -2.33. The van der Waals surface area contributed by atoms with Crippen LogP contribution in [-0.2, 0) is 15.8 Å². The molecule has 0 spiro atoms. The summed E-state index contributed by atoms with van der Waals surface area (Å²) in [7, 11) is 0. The van der Waals surface area contributed by atoms with Crippen LogP contribution in [0.3, 0.4) is 0 Å². The highest BCUT2D eigenvalue weighted by molar-refractivity contribution is 6.03. The second kappa shape index (κ2) is 7.33. The Balaban J connectivity index is 1.69. The van der Waals surface area contributed by atoms with E-state index in [1.807, 2.05) is 0 Å². The van der Waals surface area contributed by atoms with Crippen LogP contribution in [0.15, 0.2) is 35.5 Å². The zero-order valence-electron chi connectivity index (χ0n) is 16.3. The van der Waals surface area contributed by atoms with Gasteiger partial charge < -0.3 is 15.5 Å². The number of alkyl halides is 3. The smallest absolute Gasteiger partial charge is 0.352 e. The molecule has 2 aliphatic heterocycles. The molecule has 0 radical (unpaired) electrons. The number of carbonyl (C=O) groups excluding carboxylic acids is 3. The molecule has 0 aromatic heterocycles. The molecule has 0 bridgehead atoms. The summed E-state index contributed by atoms with van der Waals surface area (Å²) in [4.78, 5) is 40.5. The maximum absolute atomic E-state index is 13.6. The molecule has 2 heterocycles. The van der Waals surface area contributed by atoms with Crippen molar-refractivity contribution in [3.63, 3.8) is 0 Å². The molecule has 1 saturated carbocycles. The Bertz CT molecular complexity index is 939. The standard InChI is InChI=1S/C20H21F3N4O3/c1-2-27-14-9-26(10-15(28)24-11-7-8-11)18(29)16(14)17(25-19(27)30)12-5-3-4-6-13(12)20(21,22)23/h3-6,11,17H,2,7-10H2,1H3,(H,24,28)(H,25,30)/t17-/m1/s1. The molecule has 160 valence electrons. The van der Waals surface area contributed by atoms with Crippen LogP contribution < -0.4 is 10.6 Å². The monoisotopic (exact) mass is 422 g/mol. The molecule has 4 rings (SSSR count). The first-order chi connectivity index (χ1) is 14.2. The number of rotatable bonds is 5. The van der Waals surface area contributed by atoms with E-state index >= 15 is 0 Å². The molecule has 2 N–H and O–H groups in total. The fraction of sp³-hybridized carbons (Fsp3) is 0.450. The van der Waals surface area contributed by atoms with Gasteiger partial charge in [-0.05, 0) is 31.4 Å². The van der Waals surface area contributed by atoms with Crippen LogP contribution in [0, 0.1) is 0 Å². The Morgan fingerprint density at radius 3 is 2.57 bits per heavy atom. The second-order valence-corrected chi connectivity index (χ2v) is 7.58. The van der Waals surface area contributed by atoms with Gasteiger partial charge in [0, 0.05) is 12.6 Å². The maximum atomic E-state index is 13.6. The fourth-order valence-corrected chi connectivity index (χ4v) is 3.93. The number of benzene rings is 1. The van der Waals surface area contributed by atoms with Crippen molar-refractivity contribution in [2.75, 3.05) is 19.6 Å². The minimum Gasteiger partial charge on any atom is -0.352 e. The normalized spacial score (nSPS) is 21.7. The number of carbonyl (C=O) groups is 3. The Labute approximate surface area is 170 Å². The third-order valence-electron chi connectivity index (χ3n) is 5.47. The molecule has 0 unspecified atom stereocenters. The minimum atomic E-state index is -4.64. The summed E-state index contributed by atoms with van der Waals surface area (Å²) in [5.41, 5.74) is -0.691. The molecule has 30 heavy (non-hydrogen) atoms. The molecule has 1 aromatic rings. The van der Waals surface area contributed by atoms with Gasteiger partial charge in [0.25, 0.3) is 5.91 Å². The number of urea groups is 1. The van der Waals surface area contributed by atoms with Crippen molar-refractivity contribution in [1.82, 2.24) is 20.4 Å². The van der Waals surface area contributed by atoms with Crippen LogP contribution >= 0.6 is 0 Å². The molecule has 10 heteroatoms. The second-order valence-electron chi connectivity index (χ2n) is 7.58. The molecule has 7 nitrogen and oxygen atoms in total. The van der Waals surface area contributed by atoms with Gasteiger partial charge in [0.2, 0.25) is 5.91 Å². The van der Waals surface area contributed by atoms with E-state index in [1.165, 1.54) is 28.0 Å². The number of hydrogen-bond donors (Lipinski definition) is 2. The van der Waals surface area contributed by atoms with Crippen LogP contribution in [0.2, 0.25) is 0 Å². The van der Waals surface area contributed by atoms with E-state index in [2.05, 4.69) is 10.6 Å². The number of amides is 4. The predicted octanol–water partition coefficient (Wildman–Crippen LogP) is 2.17. The van der Waals surface area contributed by atoms with Gasteiger partial charge in [0.15, 0.2) is 0 Å². The topological polar surface area (TPSA) is 81.8 Å². The zero-order valence-corrected chi connectivity index (χ0v) is 16.3. The van der Waals surface area contributed by atoms with E-state index in [9.17, 15) is 27.6 Å². The summed E-state index contributed by atoms with van der Waals surface area (Å²) in [5.74, 6) is -0.864. The summed E-state index contributed by atoms with van der Waals surface area (Å²) >= 11 is 0. The molecular weight excluding hydrogens is 401 g/mol. The lowest BCUT2D eigenvalue weighted by atomic mass is 9.91. The molecule has 1 fully saturated rings. The van der Waals surface area contributed by atoms with Crippen molar-refractivity contribution < 1.29 is 27.6 Å². The highest BCUT2D eigenvalue weighted by Gasteiger charge is 2.46. The van der Waals surface area contributed by atoms with Gasteiger partial charge in [0.1, 0.15) is 6.54 Å². The van der Waals surface area contributed by atoms with E-state index in [0.29, 0.717) is 5.70 Å². The van der Waals surface area contributed by atoms with Gasteiger partial charge in [-0.15, -0.1) is 0 Å². The summed E-state index contributed by atoms with van der Waals surface area (Å²) in [6.45, 7) is 1.74. The first-order valence-corrected chi connectivity index (χ1v) is 9.76. The third-order valence-corrected chi connectivity index (χ3v) is 5.47. The predicted molar refractivity (Wildman–Crippen MR) is 99.9 cm³/mol. The molecule has 3 aliphatic rings. The Hall–Kier alpha value is -3.04. The van der Waals surface area contributed by atoms with Crippen LogP contribution in [0.25, 0.3) is 0 Å². The Kier molecular flexibility index (Phi) is 4.95. The van der Waals surface area contributed by atoms with Crippen molar-refractivity contribution in [2.45, 2.75) is 38.0 Å². The highest BCUT2D eigenvalue weighted by Crippen LogP contribution is 2.41. The van der Waals surface area contributed by atoms with Gasteiger partial charge in [-0.3, -0.25) is 14.5 Å². The van der Waals surface area contributed by atoms with Gasteiger partial charge in [-0.2, -0.15) is 13.2 Å². The largest absolute Gasteiger partial charge is 0.416 e. The lowest BCUT2D eigenvalue weighted by molar-refractivity contribution is -0.138. The molecule has 1 atom stereocenters. The number of nitrogens with one attached hydrogen (secondary N) is 2. The van der Waals surface area contributed by atoms with Crippen LogP contribution in [0.1, 0.15) is 36.9 Å². The number of halogens is 3. The van der Waals surface area contributed by atoms with Crippen molar-refractivity contribution in [3.8, 4) is 0 Å². The van der Waals surface area contributed by atoms with Gasteiger partial charge in [-0.1, -0.05) is 18.2 Å². The van der Waals surface area contributed by atoms with Gasteiger partial charge in [-0.25, -0.2) is 4.79 Å². The van der Waals surface area contributed by atoms with Crippen LogP contribution in [0.5, 0.6) is 0 Å². The summed E-state index contributed by atoms with van der Waals surface area (Å²) in [6, 6.07) is 3.19. The average Bonchev–Trinajstić information content (AvgIpc) is 3.44. The first-order valence-electron chi connectivity index (χ1n) is 9.76. The number of likely N-dealkylation sites (N-methyl/N-ethyl adjacent to an activating group) is 1. The molecule has 1 aromatic carbocycles. The van der Waals surface area contributed by atoms with Crippen molar-refractivity contribution in [2.24, 2.45) is 0 Å². The van der Waals surface area contributed by atoms with Crippen LogP contribution in [-0.4, -0.2) is 53.3 Å². The molecule has 4 amide bonds. The quantitative estimate of drug-likeness (QED) is 0.763. The zero-order chi connectivity index (χ0) is 21.6. The summed E-state index contributed by atoms with van der Waals surface area (Å²) in [5, 5.41) is 5.34. The molecule has 0 saturated heterocycles. The molecule has 1 aliphatic carbocycles. The van der Waals surface area contributed by atoms with E-state index in [1.54, 1.807) is 6.92 Å². The van der Waals surface area contributed by atoms with E-state index in [4.69, 9.17) is 0 Å². The highest BCUT2D eigenvalue weighted by atomic mass is 19.4.